The van der Waals surface area contributed by atoms with Crippen LogP contribution >= 0.6 is 11.8 Å². The minimum absolute atomic E-state index is 0.0351. The molecule has 1 atom stereocenters. The molecule has 8 heteroatoms. The molecule has 0 saturated carbocycles. The van der Waals surface area contributed by atoms with E-state index in [1.54, 1.807) is 11.8 Å². The van der Waals surface area contributed by atoms with Gasteiger partial charge in [-0.25, -0.2) is 0 Å². The van der Waals surface area contributed by atoms with Gasteiger partial charge in [-0.2, -0.15) is 10.1 Å². The number of carbonyl (C=O) groups excluding carboxylic acids is 1. The summed E-state index contributed by atoms with van der Waals surface area (Å²) < 4.78 is 0. The molecule has 1 aromatic heterocycles. The van der Waals surface area contributed by atoms with Crippen molar-refractivity contribution >= 4 is 23.4 Å². The second kappa shape index (κ2) is 8.96. The highest BCUT2D eigenvalue weighted by Crippen LogP contribution is 2.31. The van der Waals surface area contributed by atoms with E-state index in [4.69, 9.17) is 5.26 Å². The van der Waals surface area contributed by atoms with Crippen LogP contribution in [-0.4, -0.2) is 31.4 Å². The topological polar surface area (TPSA) is 96.5 Å². The molecule has 7 nitrogen and oxygen atoms in total. The molecule has 1 amide bonds. The van der Waals surface area contributed by atoms with Gasteiger partial charge in [0.25, 0.3) is 0 Å². The number of rotatable bonds is 7. The standard InChI is InChI=1S/C19H18N6OS/c1-14(11-12-20)27-17-10-6-5-9-16(17)21-18(26)13-25-23-19(22-24-25)15-7-3-2-4-8-15/h2-10,14H,11,13H2,1H3,(H,21,26). The molecule has 0 spiro atoms. The molecule has 0 fully saturated rings. The molecule has 0 aliphatic heterocycles. The fourth-order valence-electron chi connectivity index (χ4n) is 2.39. The predicted octanol–water partition coefficient (Wildman–Crippen LogP) is 3.37. The Kier molecular flexibility index (Phi) is 6.18. The number of nitriles is 1. The number of hydrogen-bond donors (Lipinski definition) is 1. The van der Waals surface area contributed by atoms with Gasteiger partial charge in [0.15, 0.2) is 0 Å². The summed E-state index contributed by atoms with van der Waals surface area (Å²) in [5.41, 5.74) is 1.55. The maximum Gasteiger partial charge on any atom is 0.248 e. The van der Waals surface area contributed by atoms with Gasteiger partial charge in [0.2, 0.25) is 11.7 Å². The fourth-order valence-corrected chi connectivity index (χ4v) is 3.39. The second-order valence-corrected chi connectivity index (χ2v) is 7.32. The van der Waals surface area contributed by atoms with Gasteiger partial charge in [0, 0.05) is 22.1 Å². The highest BCUT2D eigenvalue weighted by molar-refractivity contribution is 8.00. The van der Waals surface area contributed by atoms with E-state index in [-0.39, 0.29) is 17.7 Å². The molecule has 2 aromatic carbocycles. The Morgan fingerprint density at radius 2 is 1.96 bits per heavy atom. The number of anilines is 1. The highest BCUT2D eigenvalue weighted by atomic mass is 32.2. The Morgan fingerprint density at radius 3 is 2.74 bits per heavy atom. The van der Waals surface area contributed by atoms with E-state index >= 15 is 0 Å². The van der Waals surface area contributed by atoms with Crippen molar-refractivity contribution in [3.8, 4) is 17.5 Å². The van der Waals surface area contributed by atoms with Crippen LogP contribution in [0.1, 0.15) is 13.3 Å². The zero-order valence-electron chi connectivity index (χ0n) is 14.7. The van der Waals surface area contributed by atoms with E-state index in [1.807, 2.05) is 61.5 Å². The molecule has 0 bridgehead atoms. The molecular weight excluding hydrogens is 360 g/mol. The summed E-state index contributed by atoms with van der Waals surface area (Å²) in [6.07, 6.45) is 0.443. The van der Waals surface area contributed by atoms with Crippen LogP contribution in [0, 0.1) is 11.3 Å². The Labute approximate surface area is 161 Å². The van der Waals surface area contributed by atoms with E-state index in [0.717, 1.165) is 10.5 Å². The Balaban J connectivity index is 1.65. The molecular formula is C19H18N6OS. The summed E-state index contributed by atoms with van der Waals surface area (Å²) in [6.45, 7) is 1.95. The average molecular weight is 378 g/mol. The summed E-state index contributed by atoms with van der Waals surface area (Å²) in [4.78, 5) is 14.6. The van der Waals surface area contributed by atoms with Gasteiger partial charge in [-0.15, -0.1) is 22.0 Å². The summed E-state index contributed by atoms with van der Waals surface area (Å²) >= 11 is 1.56. The normalized spacial score (nSPS) is 11.6. The summed E-state index contributed by atoms with van der Waals surface area (Å²) in [6, 6.07) is 19.2. The molecule has 0 aliphatic carbocycles. The Bertz CT molecular complexity index is 950. The molecule has 1 N–H and O–H groups in total. The van der Waals surface area contributed by atoms with Crippen molar-refractivity contribution in [2.24, 2.45) is 0 Å². The number of hydrogen-bond acceptors (Lipinski definition) is 6. The van der Waals surface area contributed by atoms with Gasteiger partial charge in [0.1, 0.15) is 6.54 Å². The first-order valence-corrected chi connectivity index (χ1v) is 9.29. The van der Waals surface area contributed by atoms with Crippen molar-refractivity contribution in [1.82, 2.24) is 20.2 Å². The van der Waals surface area contributed by atoms with Crippen LogP contribution in [0.2, 0.25) is 0 Å². The molecule has 0 radical (unpaired) electrons. The van der Waals surface area contributed by atoms with E-state index in [0.29, 0.717) is 17.9 Å². The number of nitrogens with zero attached hydrogens (tertiary/aromatic N) is 5. The van der Waals surface area contributed by atoms with Gasteiger partial charge in [-0.05, 0) is 17.3 Å². The SMILES string of the molecule is CC(CC#N)Sc1ccccc1NC(=O)Cn1nnc(-c2ccccc2)n1. The first-order chi connectivity index (χ1) is 13.2. The van der Waals surface area contributed by atoms with E-state index in [2.05, 4.69) is 26.8 Å². The molecule has 3 aromatic rings. The van der Waals surface area contributed by atoms with Gasteiger partial charge >= 0.3 is 0 Å². The van der Waals surface area contributed by atoms with Crippen LogP contribution in [-0.2, 0) is 11.3 Å². The number of benzene rings is 2. The van der Waals surface area contributed by atoms with Crippen LogP contribution in [0.25, 0.3) is 11.4 Å². The van der Waals surface area contributed by atoms with Crippen LogP contribution in [0.4, 0.5) is 5.69 Å². The molecule has 27 heavy (non-hydrogen) atoms. The third-order valence-corrected chi connectivity index (χ3v) is 4.82. The number of thioether (sulfide) groups is 1. The lowest BCUT2D eigenvalue weighted by Crippen LogP contribution is -2.20. The summed E-state index contributed by atoms with van der Waals surface area (Å²) in [5, 5.41) is 24.0. The maximum absolute atomic E-state index is 12.4. The lowest BCUT2D eigenvalue weighted by molar-refractivity contribution is -0.117. The van der Waals surface area contributed by atoms with E-state index in [1.165, 1.54) is 4.80 Å². The van der Waals surface area contributed by atoms with Crippen molar-refractivity contribution < 1.29 is 4.79 Å². The van der Waals surface area contributed by atoms with Crippen molar-refractivity contribution in [3.63, 3.8) is 0 Å². The third kappa shape index (κ3) is 5.15. The Morgan fingerprint density at radius 1 is 1.22 bits per heavy atom. The largest absolute Gasteiger partial charge is 0.323 e. The van der Waals surface area contributed by atoms with Gasteiger partial charge in [-0.3, -0.25) is 4.79 Å². The second-order valence-electron chi connectivity index (χ2n) is 5.84. The van der Waals surface area contributed by atoms with Crippen molar-refractivity contribution in [3.05, 3.63) is 54.6 Å². The molecule has 1 unspecified atom stereocenters. The number of tetrazole rings is 1. The zero-order chi connectivity index (χ0) is 19.1. The zero-order valence-corrected chi connectivity index (χ0v) is 15.6. The lowest BCUT2D eigenvalue weighted by atomic mass is 10.2. The first-order valence-electron chi connectivity index (χ1n) is 8.41. The van der Waals surface area contributed by atoms with Gasteiger partial charge in [-0.1, -0.05) is 49.4 Å². The van der Waals surface area contributed by atoms with E-state index < -0.39 is 0 Å². The number of amides is 1. The summed E-state index contributed by atoms with van der Waals surface area (Å²) in [7, 11) is 0. The van der Waals surface area contributed by atoms with Crippen LogP contribution in [0.15, 0.2) is 59.5 Å². The van der Waals surface area contributed by atoms with Gasteiger partial charge < -0.3 is 5.32 Å². The molecule has 3 rings (SSSR count). The number of para-hydroxylation sites is 1. The fraction of sp³-hybridized carbons (Fsp3) is 0.211. The quantitative estimate of drug-likeness (QED) is 0.633. The summed E-state index contributed by atoms with van der Waals surface area (Å²) in [5.74, 6) is 0.234. The molecule has 136 valence electrons. The maximum atomic E-state index is 12.4. The predicted molar refractivity (Wildman–Crippen MR) is 104 cm³/mol. The van der Waals surface area contributed by atoms with Crippen molar-refractivity contribution in [1.29, 1.82) is 5.26 Å². The van der Waals surface area contributed by atoms with Crippen molar-refractivity contribution in [2.75, 3.05) is 5.32 Å². The van der Waals surface area contributed by atoms with E-state index in [9.17, 15) is 4.79 Å². The molecule has 0 saturated heterocycles. The van der Waals surface area contributed by atoms with Crippen LogP contribution < -0.4 is 5.32 Å². The first kappa shape index (κ1) is 18.6. The monoisotopic (exact) mass is 378 g/mol. The number of nitrogens with one attached hydrogen (secondary N) is 1. The minimum atomic E-state index is -0.243. The highest BCUT2D eigenvalue weighted by Gasteiger charge is 2.13. The number of carbonyl (C=O) groups is 1. The molecule has 0 aliphatic rings. The number of aromatic nitrogens is 4. The molecule has 1 heterocycles. The smallest absolute Gasteiger partial charge is 0.248 e. The average Bonchev–Trinajstić information content (AvgIpc) is 3.12. The Hall–Kier alpha value is -3.18. The minimum Gasteiger partial charge on any atom is -0.323 e. The van der Waals surface area contributed by atoms with Crippen LogP contribution in [0.3, 0.4) is 0 Å². The lowest BCUT2D eigenvalue weighted by Gasteiger charge is -2.13. The van der Waals surface area contributed by atoms with Crippen molar-refractivity contribution in [2.45, 2.75) is 30.0 Å². The van der Waals surface area contributed by atoms with Gasteiger partial charge in [0.05, 0.1) is 11.8 Å². The third-order valence-electron chi connectivity index (χ3n) is 3.64. The van der Waals surface area contributed by atoms with Crippen LogP contribution in [0.5, 0.6) is 0 Å².